The Bertz CT molecular complexity index is 1170. The van der Waals surface area contributed by atoms with Crippen LogP contribution in [-0.2, 0) is 6.54 Å². The third kappa shape index (κ3) is 2.78. The van der Waals surface area contributed by atoms with E-state index in [0.717, 1.165) is 37.3 Å². The number of benzene rings is 1. The molecular weight excluding hydrogens is 398 g/mol. The third-order valence-electron chi connectivity index (χ3n) is 6.53. The number of fused-ring (bicyclic) bond motifs is 5. The molecule has 4 unspecified atom stereocenters. The second kappa shape index (κ2) is 6.92. The zero-order chi connectivity index (χ0) is 20.2. The van der Waals surface area contributed by atoms with Crippen molar-refractivity contribution in [1.82, 2.24) is 24.2 Å². The second-order valence-electron chi connectivity index (χ2n) is 8.34. The average Bonchev–Trinajstić information content (AvgIpc) is 3.33. The zero-order valence-corrected chi connectivity index (χ0v) is 17.1. The molecular formula is C22H21N5O2S. The molecule has 2 bridgehead atoms. The van der Waals surface area contributed by atoms with Gasteiger partial charge in [-0.15, -0.1) is 0 Å². The van der Waals surface area contributed by atoms with Crippen molar-refractivity contribution in [2.75, 3.05) is 13.1 Å². The Morgan fingerprint density at radius 1 is 1.00 bits per heavy atom. The molecule has 30 heavy (non-hydrogen) atoms. The van der Waals surface area contributed by atoms with Crippen molar-refractivity contribution in [3.05, 3.63) is 76.5 Å². The number of pyridine rings is 1. The second-order valence-corrected chi connectivity index (χ2v) is 9.45. The fraction of sp³-hybridized carbons (Fsp3) is 0.364. The number of carbonyl (C=O) groups is 1. The summed E-state index contributed by atoms with van der Waals surface area (Å²) in [6.45, 7) is 2.45. The first-order valence-electron chi connectivity index (χ1n) is 10.3. The van der Waals surface area contributed by atoms with E-state index < -0.39 is 0 Å². The molecule has 7 nitrogen and oxygen atoms in total. The smallest absolute Gasteiger partial charge is 0.264 e. The lowest BCUT2D eigenvalue weighted by atomic mass is 9.81. The highest BCUT2D eigenvalue weighted by Gasteiger charge is 2.45. The number of hydrogen-bond donors (Lipinski definition) is 0. The van der Waals surface area contributed by atoms with Crippen molar-refractivity contribution >= 4 is 17.7 Å². The van der Waals surface area contributed by atoms with Gasteiger partial charge in [0.25, 0.3) is 11.5 Å². The first kappa shape index (κ1) is 18.1. The van der Waals surface area contributed by atoms with Crippen LogP contribution in [0.3, 0.4) is 0 Å². The molecule has 5 heterocycles. The maximum Gasteiger partial charge on any atom is 0.264 e. The number of piperidine rings is 1. The summed E-state index contributed by atoms with van der Waals surface area (Å²) >= 11 is 1.51. The van der Waals surface area contributed by atoms with E-state index in [0.29, 0.717) is 17.0 Å². The summed E-state index contributed by atoms with van der Waals surface area (Å²) in [6.07, 6.45) is 2.53. The average molecular weight is 420 g/mol. The summed E-state index contributed by atoms with van der Waals surface area (Å²) in [5.74, 6) is 0.697. The molecule has 3 aliphatic heterocycles. The molecule has 0 radical (unpaired) electrons. The van der Waals surface area contributed by atoms with E-state index in [2.05, 4.69) is 33.2 Å². The lowest BCUT2D eigenvalue weighted by Crippen LogP contribution is -2.50. The van der Waals surface area contributed by atoms with Gasteiger partial charge in [0.1, 0.15) is 11.6 Å². The van der Waals surface area contributed by atoms with Crippen LogP contribution in [0.4, 0.5) is 0 Å². The SMILES string of the molecule is O=C1C(C(c2ccccc2)N2CC3CC(C2)c2cccc(=O)n2C3)Sc2ncnn21. The molecule has 1 fully saturated rings. The van der Waals surface area contributed by atoms with Crippen molar-refractivity contribution in [1.29, 1.82) is 0 Å². The van der Waals surface area contributed by atoms with Gasteiger partial charge in [-0.3, -0.25) is 14.5 Å². The van der Waals surface area contributed by atoms with Crippen LogP contribution in [0.1, 0.15) is 34.4 Å². The predicted molar refractivity (Wildman–Crippen MR) is 113 cm³/mol. The number of aromatic nitrogens is 4. The lowest BCUT2D eigenvalue weighted by molar-refractivity contribution is 0.0659. The van der Waals surface area contributed by atoms with E-state index in [4.69, 9.17) is 0 Å². The van der Waals surface area contributed by atoms with Crippen LogP contribution in [-0.4, -0.2) is 48.5 Å². The molecule has 0 N–H and O–H groups in total. The summed E-state index contributed by atoms with van der Waals surface area (Å²) in [5, 5.41) is 4.51. The molecule has 4 atom stereocenters. The topological polar surface area (TPSA) is 73.0 Å². The number of thioether (sulfide) groups is 1. The first-order chi connectivity index (χ1) is 14.7. The van der Waals surface area contributed by atoms with Gasteiger partial charge in [0.05, 0.1) is 6.04 Å². The van der Waals surface area contributed by atoms with E-state index >= 15 is 0 Å². The van der Waals surface area contributed by atoms with E-state index in [1.165, 1.54) is 22.8 Å². The van der Waals surface area contributed by atoms with Gasteiger partial charge < -0.3 is 4.57 Å². The van der Waals surface area contributed by atoms with Crippen LogP contribution < -0.4 is 5.56 Å². The molecule has 3 aliphatic rings. The largest absolute Gasteiger partial charge is 0.312 e. The van der Waals surface area contributed by atoms with Gasteiger partial charge in [-0.25, -0.2) is 4.98 Å². The molecule has 3 aromatic rings. The highest BCUT2D eigenvalue weighted by Crippen LogP contribution is 2.44. The minimum Gasteiger partial charge on any atom is -0.312 e. The van der Waals surface area contributed by atoms with Crippen LogP contribution >= 0.6 is 11.8 Å². The molecule has 6 rings (SSSR count). The summed E-state index contributed by atoms with van der Waals surface area (Å²) < 4.78 is 3.38. The van der Waals surface area contributed by atoms with E-state index in [-0.39, 0.29) is 22.8 Å². The van der Waals surface area contributed by atoms with Crippen molar-refractivity contribution in [2.24, 2.45) is 5.92 Å². The van der Waals surface area contributed by atoms with Crippen molar-refractivity contribution in [3.8, 4) is 0 Å². The number of nitrogens with zero attached hydrogens (tertiary/aromatic N) is 5. The zero-order valence-electron chi connectivity index (χ0n) is 16.3. The summed E-state index contributed by atoms with van der Waals surface area (Å²) in [6, 6.07) is 15.8. The maximum absolute atomic E-state index is 13.2. The third-order valence-corrected chi connectivity index (χ3v) is 7.73. The number of carbonyl (C=O) groups excluding carboxylic acids is 1. The fourth-order valence-electron chi connectivity index (χ4n) is 5.33. The van der Waals surface area contributed by atoms with Gasteiger partial charge in [-0.05, 0) is 24.0 Å². The van der Waals surface area contributed by atoms with Crippen LogP contribution in [0.25, 0.3) is 0 Å². The van der Waals surface area contributed by atoms with Crippen molar-refractivity contribution in [3.63, 3.8) is 0 Å². The fourth-order valence-corrected chi connectivity index (χ4v) is 6.57. The quantitative estimate of drug-likeness (QED) is 0.649. The van der Waals surface area contributed by atoms with Crippen LogP contribution in [0.2, 0.25) is 0 Å². The van der Waals surface area contributed by atoms with E-state index in [1.807, 2.05) is 28.8 Å². The highest BCUT2D eigenvalue weighted by atomic mass is 32.2. The number of likely N-dealkylation sites (tertiary alicyclic amines) is 1. The molecule has 0 amide bonds. The van der Waals surface area contributed by atoms with Gasteiger partial charge in [-0.2, -0.15) is 9.78 Å². The minimum atomic E-state index is -0.277. The Labute approximate surface area is 177 Å². The standard InChI is InChI=1S/C22H21N5O2S/c28-18-8-4-7-17-16-9-14(11-26(17)18)10-25(12-16)19(15-5-2-1-3-6-15)20-21(29)27-22(30-20)23-13-24-27/h1-8,13-14,16,19-20H,9-12H2. The van der Waals surface area contributed by atoms with Crippen LogP contribution in [0.5, 0.6) is 0 Å². The molecule has 0 saturated carbocycles. The number of rotatable bonds is 3. The van der Waals surface area contributed by atoms with Crippen LogP contribution in [0, 0.1) is 5.92 Å². The Hall–Kier alpha value is -2.71. The monoisotopic (exact) mass is 419 g/mol. The van der Waals surface area contributed by atoms with Gasteiger partial charge in [0, 0.05) is 37.3 Å². The van der Waals surface area contributed by atoms with E-state index in [1.54, 1.807) is 6.07 Å². The molecule has 2 aromatic heterocycles. The molecule has 8 heteroatoms. The van der Waals surface area contributed by atoms with Gasteiger partial charge in [0.2, 0.25) is 0 Å². The first-order valence-corrected chi connectivity index (χ1v) is 11.2. The Kier molecular flexibility index (Phi) is 4.17. The van der Waals surface area contributed by atoms with Gasteiger partial charge in [0.15, 0.2) is 5.16 Å². The predicted octanol–water partition coefficient (Wildman–Crippen LogP) is 2.41. The van der Waals surface area contributed by atoms with Crippen molar-refractivity contribution < 1.29 is 4.79 Å². The van der Waals surface area contributed by atoms with Gasteiger partial charge >= 0.3 is 0 Å². The normalized spacial score (nSPS) is 26.3. The highest BCUT2D eigenvalue weighted by molar-refractivity contribution is 8.00. The molecule has 1 saturated heterocycles. The molecule has 1 aromatic carbocycles. The Balaban J connectivity index is 1.38. The maximum atomic E-state index is 13.2. The van der Waals surface area contributed by atoms with Gasteiger partial charge in [-0.1, -0.05) is 48.2 Å². The summed E-state index contributed by atoms with van der Waals surface area (Å²) in [7, 11) is 0. The van der Waals surface area contributed by atoms with Crippen LogP contribution in [0.15, 0.2) is 64.8 Å². The summed E-state index contributed by atoms with van der Waals surface area (Å²) in [5.41, 5.74) is 2.35. The van der Waals surface area contributed by atoms with Crippen molar-refractivity contribution in [2.45, 2.75) is 35.3 Å². The number of hydrogen-bond acceptors (Lipinski definition) is 6. The molecule has 0 aliphatic carbocycles. The lowest BCUT2D eigenvalue weighted by Gasteiger charge is -2.46. The van der Waals surface area contributed by atoms with E-state index in [9.17, 15) is 9.59 Å². The minimum absolute atomic E-state index is 0.00583. The Morgan fingerprint density at radius 2 is 1.87 bits per heavy atom. The molecule has 0 spiro atoms. The molecule has 152 valence electrons. The summed E-state index contributed by atoms with van der Waals surface area (Å²) in [4.78, 5) is 32.2. The Morgan fingerprint density at radius 3 is 2.70 bits per heavy atom.